The van der Waals surface area contributed by atoms with Crippen molar-refractivity contribution < 1.29 is 0 Å². The van der Waals surface area contributed by atoms with E-state index in [2.05, 4.69) is 52.0 Å². The average Bonchev–Trinajstić information content (AvgIpc) is 3.05. The monoisotopic (exact) mass is 412 g/mol. The Balaban J connectivity index is 1.39. The highest BCUT2D eigenvalue weighted by molar-refractivity contribution is 7.19. The lowest BCUT2D eigenvalue weighted by molar-refractivity contribution is 0.249. The fraction of sp³-hybridized carbons (Fsp3) is 0.455. The number of aryl methyl sites for hydroxylation is 1. The van der Waals surface area contributed by atoms with Gasteiger partial charge in [-0.3, -0.25) is 4.90 Å². The highest BCUT2D eigenvalue weighted by Crippen LogP contribution is 2.41. The second kappa shape index (κ2) is 7.62. The summed E-state index contributed by atoms with van der Waals surface area (Å²) >= 11 is 8.14. The summed E-state index contributed by atoms with van der Waals surface area (Å²) in [5.41, 5.74) is 2.86. The van der Waals surface area contributed by atoms with Crippen LogP contribution in [0.2, 0.25) is 5.28 Å². The van der Waals surface area contributed by atoms with E-state index in [0.29, 0.717) is 5.28 Å². The number of anilines is 1. The predicted octanol–water partition coefficient (Wildman–Crippen LogP) is 4.79. The maximum Gasteiger partial charge on any atom is 0.225 e. The van der Waals surface area contributed by atoms with Crippen LogP contribution in [0.25, 0.3) is 10.2 Å². The van der Waals surface area contributed by atoms with Gasteiger partial charge >= 0.3 is 0 Å². The molecule has 1 aromatic carbocycles. The van der Waals surface area contributed by atoms with Crippen molar-refractivity contribution in [2.45, 2.75) is 32.7 Å². The van der Waals surface area contributed by atoms with E-state index < -0.39 is 0 Å². The normalized spacial score (nSPS) is 20.5. The first-order chi connectivity index (χ1) is 13.7. The van der Waals surface area contributed by atoms with Crippen molar-refractivity contribution in [3.8, 4) is 0 Å². The Labute approximate surface area is 175 Å². The number of rotatable bonds is 3. The van der Waals surface area contributed by atoms with Crippen LogP contribution in [-0.2, 0) is 19.4 Å². The standard InChI is InChI=1S/C22H25ClN4S/c1-15-7-8-17-18(13-15)28-21-19(17)20(24-22(23)25-21)27-11-9-26(10-12-27)14-16-5-3-2-4-6-16/h2-6,15H,7-14H2,1H3. The fourth-order valence-electron chi connectivity index (χ4n) is 4.49. The Hall–Kier alpha value is -1.69. The molecule has 0 N–H and O–H groups in total. The lowest BCUT2D eigenvalue weighted by atomic mass is 9.89. The molecule has 1 unspecified atom stereocenters. The van der Waals surface area contributed by atoms with Gasteiger partial charge in [-0.25, -0.2) is 4.98 Å². The lowest BCUT2D eigenvalue weighted by Crippen LogP contribution is -2.46. The number of thiophene rings is 1. The first-order valence-corrected chi connectivity index (χ1v) is 11.4. The first-order valence-electron chi connectivity index (χ1n) is 10.2. The fourth-order valence-corrected chi connectivity index (χ4v) is 6.08. The molecule has 28 heavy (non-hydrogen) atoms. The Morgan fingerprint density at radius 2 is 1.89 bits per heavy atom. The van der Waals surface area contributed by atoms with E-state index in [0.717, 1.165) is 62.1 Å². The Morgan fingerprint density at radius 1 is 1.11 bits per heavy atom. The second-order valence-electron chi connectivity index (χ2n) is 8.10. The molecule has 1 fully saturated rings. The molecule has 3 heterocycles. The summed E-state index contributed by atoms with van der Waals surface area (Å²) in [6, 6.07) is 10.7. The summed E-state index contributed by atoms with van der Waals surface area (Å²) in [5.74, 6) is 1.82. The molecule has 2 aliphatic rings. The van der Waals surface area contributed by atoms with Gasteiger partial charge in [0.15, 0.2) is 0 Å². The van der Waals surface area contributed by atoms with Gasteiger partial charge < -0.3 is 4.90 Å². The number of benzene rings is 1. The molecule has 4 nitrogen and oxygen atoms in total. The molecule has 0 radical (unpaired) electrons. The summed E-state index contributed by atoms with van der Waals surface area (Å²) in [4.78, 5) is 16.8. The van der Waals surface area contributed by atoms with E-state index in [4.69, 9.17) is 16.6 Å². The molecule has 0 saturated carbocycles. The Bertz CT molecular complexity index is 979. The van der Waals surface area contributed by atoms with Crippen LogP contribution in [0.4, 0.5) is 5.82 Å². The molecule has 3 aromatic rings. The zero-order chi connectivity index (χ0) is 19.1. The molecule has 1 aliphatic heterocycles. The van der Waals surface area contributed by atoms with Crippen LogP contribution in [0.3, 0.4) is 0 Å². The number of aromatic nitrogens is 2. The molecule has 0 amide bonds. The van der Waals surface area contributed by atoms with Crippen molar-refractivity contribution in [1.82, 2.24) is 14.9 Å². The molecule has 0 spiro atoms. The number of hydrogen-bond acceptors (Lipinski definition) is 5. The minimum absolute atomic E-state index is 0.376. The van der Waals surface area contributed by atoms with Crippen molar-refractivity contribution in [2.24, 2.45) is 5.92 Å². The van der Waals surface area contributed by atoms with E-state index in [1.807, 2.05) is 11.3 Å². The molecule has 5 rings (SSSR count). The molecule has 1 aliphatic carbocycles. The molecule has 0 bridgehead atoms. The molecule has 1 atom stereocenters. The summed E-state index contributed by atoms with van der Waals surface area (Å²) < 4.78 is 0. The topological polar surface area (TPSA) is 32.3 Å². The summed E-state index contributed by atoms with van der Waals surface area (Å²) in [7, 11) is 0. The van der Waals surface area contributed by atoms with E-state index in [1.54, 1.807) is 0 Å². The molecule has 1 saturated heterocycles. The Morgan fingerprint density at radius 3 is 2.68 bits per heavy atom. The predicted molar refractivity (Wildman–Crippen MR) is 118 cm³/mol. The zero-order valence-corrected chi connectivity index (χ0v) is 17.8. The van der Waals surface area contributed by atoms with Crippen molar-refractivity contribution in [3.05, 3.63) is 51.6 Å². The second-order valence-corrected chi connectivity index (χ2v) is 9.52. The van der Waals surface area contributed by atoms with Crippen LogP contribution in [-0.4, -0.2) is 41.0 Å². The summed E-state index contributed by atoms with van der Waals surface area (Å²) in [5, 5.41) is 1.65. The van der Waals surface area contributed by atoms with Gasteiger partial charge in [0.05, 0.1) is 5.39 Å². The number of fused-ring (bicyclic) bond motifs is 3. The number of hydrogen-bond donors (Lipinski definition) is 0. The quantitative estimate of drug-likeness (QED) is 0.579. The van der Waals surface area contributed by atoms with Gasteiger partial charge in [0.25, 0.3) is 0 Å². The van der Waals surface area contributed by atoms with E-state index in [-0.39, 0.29) is 0 Å². The van der Waals surface area contributed by atoms with Gasteiger partial charge in [-0.15, -0.1) is 11.3 Å². The van der Waals surface area contributed by atoms with Gasteiger partial charge in [0, 0.05) is 37.6 Å². The van der Waals surface area contributed by atoms with Crippen LogP contribution in [0.1, 0.15) is 29.3 Å². The summed E-state index contributed by atoms with van der Waals surface area (Å²) in [6.45, 7) is 7.41. The van der Waals surface area contributed by atoms with Crippen molar-refractivity contribution in [3.63, 3.8) is 0 Å². The first kappa shape index (κ1) is 18.3. The van der Waals surface area contributed by atoms with Gasteiger partial charge in [-0.1, -0.05) is 37.3 Å². The SMILES string of the molecule is CC1CCc2c(sc3nc(Cl)nc(N4CCN(Cc5ccccc5)CC4)c23)C1. The van der Waals surface area contributed by atoms with Gasteiger partial charge in [0.1, 0.15) is 10.6 Å². The molecular weight excluding hydrogens is 388 g/mol. The van der Waals surface area contributed by atoms with E-state index in [9.17, 15) is 0 Å². The van der Waals surface area contributed by atoms with E-state index >= 15 is 0 Å². The van der Waals surface area contributed by atoms with Crippen molar-refractivity contribution in [2.75, 3.05) is 31.1 Å². The smallest absolute Gasteiger partial charge is 0.225 e. The maximum absolute atomic E-state index is 6.32. The van der Waals surface area contributed by atoms with Crippen molar-refractivity contribution >= 4 is 39.0 Å². The third kappa shape index (κ3) is 3.51. The zero-order valence-electron chi connectivity index (χ0n) is 16.2. The summed E-state index contributed by atoms with van der Waals surface area (Å²) in [6.07, 6.45) is 3.56. The van der Waals surface area contributed by atoms with E-state index in [1.165, 1.54) is 27.8 Å². The van der Waals surface area contributed by atoms with Crippen LogP contribution >= 0.6 is 22.9 Å². The molecule has 2 aromatic heterocycles. The molecular formula is C22H25ClN4S. The highest BCUT2D eigenvalue weighted by atomic mass is 35.5. The van der Waals surface area contributed by atoms with Crippen molar-refractivity contribution in [1.29, 1.82) is 0 Å². The van der Waals surface area contributed by atoms with Gasteiger partial charge in [0.2, 0.25) is 5.28 Å². The largest absolute Gasteiger partial charge is 0.353 e. The van der Waals surface area contributed by atoms with Crippen LogP contribution in [0.15, 0.2) is 30.3 Å². The maximum atomic E-state index is 6.32. The van der Waals surface area contributed by atoms with Gasteiger partial charge in [-0.05, 0) is 47.9 Å². The number of halogens is 1. The molecule has 6 heteroatoms. The number of nitrogens with zero attached hydrogens (tertiary/aromatic N) is 4. The third-order valence-electron chi connectivity index (χ3n) is 6.03. The average molecular weight is 413 g/mol. The highest BCUT2D eigenvalue weighted by Gasteiger charge is 2.27. The minimum Gasteiger partial charge on any atom is -0.353 e. The molecule has 146 valence electrons. The third-order valence-corrected chi connectivity index (χ3v) is 7.35. The minimum atomic E-state index is 0.376. The number of piperazine rings is 1. The van der Waals surface area contributed by atoms with Gasteiger partial charge in [-0.2, -0.15) is 4.98 Å². The van der Waals surface area contributed by atoms with Crippen LogP contribution in [0.5, 0.6) is 0 Å². The lowest BCUT2D eigenvalue weighted by Gasteiger charge is -2.36. The van der Waals surface area contributed by atoms with Crippen LogP contribution in [0, 0.1) is 5.92 Å². The van der Waals surface area contributed by atoms with Crippen LogP contribution < -0.4 is 4.90 Å². The Kier molecular flexibility index (Phi) is 4.99.